The minimum atomic E-state index is -0.286. The number of aromatic nitrogens is 3. The van der Waals surface area contributed by atoms with E-state index in [1.54, 1.807) is 4.68 Å². The Hall–Kier alpha value is -2.21. The van der Waals surface area contributed by atoms with Crippen LogP contribution < -0.4 is 5.32 Å². The van der Waals surface area contributed by atoms with Gasteiger partial charge in [0.2, 0.25) is 0 Å². The molecule has 1 aromatic heterocycles. The van der Waals surface area contributed by atoms with Crippen molar-refractivity contribution in [2.24, 2.45) is 0 Å². The van der Waals surface area contributed by atoms with Crippen LogP contribution in [0.1, 0.15) is 18.7 Å². The van der Waals surface area contributed by atoms with Crippen molar-refractivity contribution < 1.29 is 9.53 Å². The first kappa shape index (κ1) is 11.9. The van der Waals surface area contributed by atoms with Gasteiger partial charge < -0.3 is 10.1 Å². The normalized spacial score (nSPS) is 18.9. The Labute approximate surface area is 110 Å². The van der Waals surface area contributed by atoms with Gasteiger partial charge in [-0.05, 0) is 19.1 Å². The summed E-state index contributed by atoms with van der Waals surface area (Å²) < 4.78 is 6.61. The van der Waals surface area contributed by atoms with Gasteiger partial charge in [0.1, 0.15) is 5.69 Å². The Morgan fingerprint density at radius 2 is 2.21 bits per heavy atom. The number of epoxide rings is 1. The number of carbonyl (C=O) groups is 1. The van der Waals surface area contributed by atoms with Crippen LogP contribution in [0.15, 0.2) is 36.5 Å². The van der Waals surface area contributed by atoms with Crippen molar-refractivity contribution in [3.05, 3.63) is 42.2 Å². The lowest BCUT2D eigenvalue weighted by atomic mass is 10.2. The third-order valence-corrected chi connectivity index (χ3v) is 2.96. The summed E-state index contributed by atoms with van der Waals surface area (Å²) in [7, 11) is 0. The molecule has 1 aromatic carbocycles. The molecule has 2 aromatic rings. The van der Waals surface area contributed by atoms with Crippen molar-refractivity contribution in [3.8, 4) is 5.69 Å². The van der Waals surface area contributed by atoms with E-state index in [0.717, 1.165) is 11.4 Å². The van der Waals surface area contributed by atoms with E-state index in [4.69, 9.17) is 4.74 Å². The van der Waals surface area contributed by atoms with E-state index in [-0.39, 0.29) is 18.1 Å². The summed E-state index contributed by atoms with van der Waals surface area (Å²) in [5, 5.41) is 11.0. The maximum atomic E-state index is 11.6. The first-order chi connectivity index (χ1) is 9.24. The van der Waals surface area contributed by atoms with E-state index in [0.29, 0.717) is 6.61 Å². The van der Waals surface area contributed by atoms with Crippen LogP contribution in [-0.4, -0.2) is 33.6 Å². The number of ether oxygens (including phenoxy) is 1. The number of nitrogens with zero attached hydrogens (tertiary/aromatic N) is 3. The molecule has 1 N–H and O–H groups in total. The highest BCUT2D eigenvalue weighted by molar-refractivity contribution is 5.83. The zero-order valence-electron chi connectivity index (χ0n) is 10.5. The molecule has 2 atom stereocenters. The molecule has 0 saturated carbocycles. The first-order valence-corrected chi connectivity index (χ1v) is 6.13. The summed E-state index contributed by atoms with van der Waals surface area (Å²) >= 11 is 0. The van der Waals surface area contributed by atoms with Crippen molar-refractivity contribution >= 4 is 5.91 Å². The fourth-order valence-corrected chi connectivity index (χ4v) is 1.76. The van der Waals surface area contributed by atoms with E-state index in [2.05, 4.69) is 15.6 Å². The van der Waals surface area contributed by atoms with Gasteiger partial charge in [-0.15, -0.1) is 5.10 Å². The Bertz CT molecular complexity index is 577. The zero-order valence-corrected chi connectivity index (χ0v) is 10.5. The molecule has 1 aliphatic heterocycles. The molecule has 19 heavy (non-hydrogen) atoms. The number of hydrogen-bond acceptors (Lipinski definition) is 4. The van der Waals surface area contributed by atoms with Crippen LogP contribution in [0.25, 0.3) is 5.69 Å². The van der Waals surface area contributed by atoms with Crippen LogP contribution in [0.4, 0.5) is 0 Å². The summed E-state index contributed by atoms with van der Waals surface area (Å²) in [6.07, 6.45) is 1.53. The standard InChI is InChI=1S/C13H14N4O2/c1-9(14-13(18)12-8-19-12)11-7-17(16-15-11)10-5-3-2-4-6-10/h2-7,9,12H,8H2,1H3,(H,14,18). The molecule has 0 spiro atoms. The quantitative estimate of drug-likeness (QED) is 0.825. The third kappa shape index (κ3) is 2.63. The van der Waals surface area contributed by atoms with Crippen molar-refractivity contribution in [2.45, 2.75) is 19.1 Å². The summed E-state index contributed by atoms with van der Waals surface area (Å²) in [6, 6.07) is 9.52. The molecule has 0 bridgehead atoms. The summed E-state index contributed by atoms with van der Waals surface area (Å²) in [4.78, 5) is 11.6. The molecule has 98 valence electrons. The van der Waals surface area contributed by atoms with Gasteiger partial charge in [0.05, 0.1) is 24.5 Å². The monoisotopic (exact) mass is 258 g/mol. The van der Waals surface area contributed by atoms with Gasteiger partial charge in [-0.1, -0.05) is 23.4 Å². The summed E-state index contributed by atoms with van der Waals surface area (Å²) in [5.41, 5.74) is 1.66. The van der Waals surface area contributed by atoms with E-state index in [1.165, 1.54) is 0 Å². The first-order valence-electron chi connectivity index (χ1n) is 6.13. The maximum absolute atomic E-state index is 11.6. The summed E-state index contributed by atoms with van der Waals surface area (Å²) in [6.45, 7) is 2.38. The van der Waals surface area contributed by atoms with Crippen molar-refractivity contribution in [2.75, 3.05) is 6.61 Å². The van der Waals surface area contributed by atoms with Gasteiger partial charge in [0.25, 0.3) is 5.91 Å². The molecule has 1 amide bonds. The Kier molecular flexibility index (Phi) is 3.00. The second kappa shape index (κ2) is 4.81. The topological polar surface area (TPSA) is 72.3 Å². The predicted molar refractivity (Wildman–Crippen MR) is 67.7 cm³/mol. The number of hydrogen-bond donors (Lipinski definition) is 1. The molecule has 0 radical (unpaired) electrons. The highest BCUT2D eigenvalue weighted by Gasteiger charge is 2.32. The van der Waals surface area contributed by atoms with Gasteiger partial charge in [0.15, 0.2) is 6.10 Å². The van der Waals surface area contributed by atoms with Gasteiger partial charge in [-0.3, -0.25) is 4.79 Å². The van der Waals surface area contributed by atoms with Crippen LogP contribution >= 0.6 is 0 Å². The highest BCUT2D eigenvalue weighted by atomic mass is 16.6. The number of benzene rings is 1. The van der Waals surface area contributed by atoms with Gasteiger partial charge in [0, 0.05) is 0 Å². The van der Waals surface area contributed by atoms with E-state index >= 15 is 0 Å². The lowest BCUT2D eigenvalue weighted by Gasteiger charge is -2.09. The lowest BCUT2D eigenvalue weighted by Crippen LogP contribution is -2.30. The van der Waals surface area contributed by atoms with Crippen LogP contribution in [0.2, 0.25) is 0 Å². The van der Waals surface area contributed by atoms with Crippen LogP contribution in [0.5, 0.6) is 0 Å². The number of para-hydroxylation sites is 1. The molecule has 6 heteroatoms. The lowest BCUT2D eigenvalue weighted by molar-refractivity contribution is -0.122. The number of amides is 1. The van der Waals surface area contributed by atoms with Gasteiger partial charge in [-0.2, -0.15) is 0 Å². The minimum absolute atomic E-state index is 0.0956. The number of nitrogens with one attached hydrogen (secondary N) is 1. The largest absolute Gasteiger partial charge is 0.363 e. The molecule has 0 aliphatic carbocycles. The van der Waals surface area contributed by atoms with E-state index in [1.807, 2.05) is 43.5 Å². The van der Waals surface area contributed by atoms with E-state index < -0.39 is 0 Å². The molecule has 1 aliphatic rings. The molecule has 1 saturated heterocycles. The maximum Gasteiger partial charge on any atom is 0.252 e. The fourth-order valence-electron chi connectivity index (χ4n) is 1.76. The zero-order chi connectivity index (χ0) is 13.2. The highest BCUT2D eigenvalue weighted by Crippen LogP contribution is 2.14. The Balaban J connectivity index is 1.72. The predicted octanol–water partition coefficient (Wildman–Crippen LogP) is 0.843. The average Bonchev–Trinajstić information content (AvgIpc) is 3.17. The molecule has 3 rings (SSSR count). The number of carbonyl (C=O) groups excluding carboxylic acids is 1. The van der Waals surface area contributed by atoms with Crippen LogP contribution in [-0.2, 0) is 9.53 Å². The number of rotatable bonds is 4. The molecular formula is C13H14N4O2. The fraction of sp³-hybridized carbons (Fsp3) is 0.308. The molecule has 2 unspecified atom stereocenters. The van der Waals surface area contributed by atoms with E-state index in [9.17, 15) is 4.79 Å². The van der Waals surface area contributed by atoms with Crippen molar-refractivity contribution in [1.82, 2.24) is 20.3 Å². The average molecular weight is 258 g/mol. The third-order valence-electron chi connectivity index (χ3n) is 2.96. The Morgan fingerprint density at radius 3 is 2.89 bits per heavy atom. The molecule has 2 heterocycles. The molecule has 6 nitrogen and oxygen atoms in total. The van der Waals surface area contributed by atoms with Crippen molar-refractivity contribution in [1.29, 1.82) is 0 Å². The second-order valence-corrected chi connectivity index (χ2v) is 4.48. The second-order valence-electron chi connectivity index (χ2n) is 4.48. The van der Waals surface area contributed by atoms with Gasteiger partial charge in [-0.25, -0.2) is 4.68 Å². The van der Waals surface area contributed by atoms with Crippen LogP contribution in [0.3, 0.4) is 0 Å². The van der Waals surface area contributed by atoms with Gasteiger partial charge >= 0.3 is 0 Å². The molecule has 1 fully saturated rings. The SMILES string of the molecule is CC(NC(=O)C1CO1)c1cn(-c2ccccc2)nn1. The molecular weight excluding hydrogens is 244 g/mol. The minimum Gasteiger partial charge on any atom is -0.363 e. The smallest absolute Gasteiger partial charge is 0.252 e. The van der Waals surface area contributed by atoms with Crippen molar-refractivity contribution in [3.63, 3.8) is 0 Å². The Morgan fingerprint density at radius 1 is 1.47 bits per heavy atom. The van der Waals surface area contributed by atoms with Crippen LogP contribution in [0, 0.1) is 0 Å². The summed E-state index contributed by atoms with van der Waals surface area (Å²) in [5.74, 6) is -0.0956.